The molecule has 1 saturated heterocycles. The lowest BCUT2D eigenvalue weighted by molar-refractivity contribution is 0.266. The minimum absolute atomic E-state index is 0.0736. The lowest BCUT2D eigenvalue weighted by atomic mass is 9.98. The molecule has 1 aliphatic heterocycles. The molecule has 1 aromatic carbocycles. The van der Waals surface area contributed by atoms with Gasteiger partial charge in [-0.3, -0.25) is 0 Å². The molecule has 0 unspecified atom stereocenters. The molecule has 2 aliphatic carbocycles. The van der Waals surface area contributed by atoms with Crippen LogP contribution >= 0.6 is 0 Å². The van der Waals surface area contributed by atoms with Crippen molar-refractivity contribution in [3.63, 3.8) is 0 Å². The van der Waals surface area contributed by atoms with Gasteiger partial charge in [-0.1, -0.05) is 30.3 Å². The maximum absolute atomic E-state index is 12.3. The Kier molecular flexibility index (Phi) is 4.20. The van der Waals surface area contributed by atoms with Gasteiger partial charge in [-0.15, -0.1) is 0 Å². The predicted molar refractivity (Wildman–Crippen MR) is 91.6 cm³/mol. The Morgan fingerprint density at radius 2 is 1.61 bits per heavy atom. The van der Waals surface area contributed by atoms with Crippen molar-refractivity contribution in [2.45, 2.75) is 55.9 Å². The van der Waals surface area contributed by atoms with Gasteiger partial charge in [0.05, 0.1) is 5.25 Å². The van der Waals surface area contributed by atoms with Crippen molar-refractivity contribution >= 4 is 10.0 Å². The molecule has 3 aliphatic rings. The number of hydrogen-bond donors (Lipinski definition) is 1. The first-order valence-corrected chi connectivity index (χ1v) is 10.4. The number of rotatable bonds is 6. The lowest BCUT2D eigenvalue weighted by Gasteiger charge is -2.34. The van der Waals surface area contributed by atoms with Crippen LogP contribution in [0.3, 0.4) is 0 Å². The van der Waals surface area contributed by atoms with E-state index in [1.54, 1.807) is 4.31 Å². The van der Waals surface area contributed by atoms with E-state index in [-0.39, 0.29) is 5.25 Å². The maximum Gasteiger partial charge on any atom is 0.216 e. The summed E-state index contributed by atoms with van der Waals surface area (Å²) >= 11 is 0. The van der Waals surface area contributed by atoms with Crippen molar-refractivity contribution in [1.82, 2.24) is 9.62 Å². The van der Waals surface area contributed by atoms with E-state index in [9.17, 15) is 8.42 Å². The predicted octanol–water partition coefficient (Wildman–Crippen LogP) is 2.68. The van der Waals surface area contributed by atoms with E-state index in [2.05, 4.69) is 35.6 Å². The summed E-state index contributed by atoms with van der Waals surface area (Å²) in [6.07, 6.45) is 6.20. The van der Waals surface area contributed by atoms with Gasteiger partial charge < -0.3 is 5.32 Å². The van der Waals surface area contributed by atoms with E-state index in [1.807, 2.05) is 0 Å². The third kappa shape index (κ3) is 3.47. The normalized spacial score (nSPS) is 25.4. The van der Waals surface area contributed by atoms with Crippen LogP contribution in [-0.2, 0) is 10.0 Å². The van der Waals surface area contributed by atoms with Crippen LogP contribution in [0.25, 0.3) is 0 Å². The highest BCUT2D eigenvalue weighted by Gasteiger charge is 2.41. The third-order valence-electron chi connectivity index (χ3n) is 5.43. The monoisotopic (exact) mass is 334 g/mol. The fourth-order valence-corrected chi connectivity index (χ4v) is 5.58. The zero-order valence-electron chi connectivity index (χ0n) is 13.5. The molecule has 0 spiro atoms. The van der Waals surface area contributed by atoms with Crippen molar-refractivity contribution in [2.24, 2.45) is 5.92 Å². The highest BCUT2D eigenvalue weighted by Crippen LogP contribution is 2.41. The van der Waals surface area contributed by atoms with Crippen molar-refractivity contribution < 1.29 is 8.42 Å². The smallest absolute Gasteiger partial charge is 0.216 e. The molecule has 4 nitrogen and oxygen atoms in total. The first-order chi connectivity index (χ1) is 11.1. The van der Waals surface area contributed by atoms with Crippen LogP contribution in [0.1, 0.15) is 50.1 Å². The van der Waals surface area contributed by atoms with Gasteiger partial charge in [-0.25, -0.2) is 12.7 Å². The topological polar surface area (TPSA) is 49.4 Å². The van der Waals surface area contributed by atoms with Gasteiger partial charge >= 0.3 is 0 Å². The first kappa shape index (κ1) is 15.6. The Balaban J connectivity index is 1.36. The van der Waals surface area contributed by atoms with E-state index in [0.29, 0.717) is 25.2 Å². The van der Waals surface area contributed by atoms with Gasteiger partial charge in [0, 0.05) is 25.2 Å². The molecule has 1 atom stereocenters. The minimum atomic E-state index is -2.99. The van der Waals surface area contributed by atoms with Crippen LogP contribution in [0.15, 0.2) is 30.3 Å². The molecule has 0 radical (unpaired) electrons. The number of piperidine rings is 1. The molecule has 1 heterocycles. The maximum atomic E-state index is 12.3. The van der Waals surface area contributed by atoms with Gasteiger partial charge in [0.2, 0.25) is 10.0 Å². The lowest BCUT2D eigenvalue weighted by Crippen LogP contribution is -2.46. The molecule has 0 amide bonds. The molecule has 5 heteroatoms. The third-order valence-corrected chi connectivity index (χ3v) is 7.83. The Hall–Kier alpha value is -0.910. The Morgan fingerprint density at radius 1 is 0.957 bits per heavy atom. The highest BCUT2D eigenvalue weighted by atomic mass is 32.2. The van der Waals surface area contributed by atoms with Crippen molar-refractivity contribution in [1.29, 1.82) is 0 Å². The standard InChI is InChI=1S/C18H26N2O2S/c21-23(22,17-8-9-17)20-12-10-16(11-13-20)19-18(15-6-7-15)14-4-2-1-3-5-14/h1-5,15-19H,6-13H2/t18-/m1/s1. The molecule has 0 aromatic heterocycles. The number of benzene rings is 1. The van der Waals surface area contributed by atoms with E-state index in [0.717, 1.165) is 31.6 Å². The zero-order chi connectivity index (χ0) is 15.9. The second-order valence-corrected chi connectivity index (χ2v) is 9.52. The number of nitrogens with zero attached hydrogens (tertiary/aromatic N) is 1. The molecular formula is C18H26N2O2S. The highest BCUT2D eigenvalue weighted by molar-refractivity contribution is 7.90. The summed E-state index contributed by atoms with van der Waals surface area (Å²) in [4.78, 5) is 0. The molecular weight excluding hydrogens is 308 g/mol. The van der Waals surface area contributed by atoms with Crippen LogP contribution in [-0.4, -0.2) is 37.1 Å². The largest absolute Gasteiger partial charge is 0.307 e. The molecule has 4 rings (SSSR count). The van der Waals surface area contributed by atoms with Crippen LogP contribution in [0, 0.1) is 5.92 Å². The Labute approximate surface area is 139 Å². The van der Waals surface area contributed by atoms with Crippen LogP contribution < -0.4 is 5.32 Å². The van der Waals surface area contributed by atoms with E-state index >= 15 is 0 Å². The van der Waals surface area contributed by atoms with Gasteiger partial charge in [-0.2, -0.15) is 0 Å². The van der Waals surface area contributed by atoms with Crippen molar-refractivity contribution in [3.05, 3.63) is 35.9 Å². The van der Waals surface area contributed by atoms with Gasteiger partial charge in [-0.05, 0) is 50.0 Å². The molecule has 126 valence electrons. The fraction of sp³-hybridized carbons (Fsp3) is 0.667. The SMILES string of the molecule is O=S(=O)(C1CC1)N1CCC(N[C@H](c2ccccc2)C2CC2)CC1. The Bertz CT molecular complexity index is 630. The second-order valence-electron chi connectivity index (χ2n) is 7.31. The molecule has 1 N–H and O–H groups in total. The Morgan fingerprint density at radius 3 is 2.17 bits per heavy atom. The van der Waals surface area contributed by atoms with Crippen molar-refractivity contribution in [3.8, 4) is 0 Å². The summed E-state index contributed by atoms with van der Waals surface area (Å²) in [5, 5.41) is 3.76. The summed E-state index contributed by atoms with van der Waals surface area (Å²) in [5.74, 6) is 0.755. The minimum Gasteiger partial charge on any atom is -0.307 e. The average Bonchev–Trinajstić information content (AvgIpc) is 3.46. The molecule has 3 fully saturated rings. The van der Waals surface area contributed by atoms with E-state index in [1.165, 1.54) is 18.4 Å². The molecule has 1 aromatic rings. The second kappa shape index (κ2) is 6.19. The van der Waals surface area contributed by atoms with Crippen molar-refractivity contribution in [2.75, 3.05) is 13.1 Å². The van der Waals surface area contributed by atoms with Gasteiger partial charge in [0.1, 0.15) is 0 Å². The first-order valence-electron chi connectivity index (χ1n) is 8.94. The summed E-state index contributed by atoms with van der Waals surface area (Å²) in [7, 11) is -2.99. The molecule has 23 heavy (non-hydrogen) atoms. The molecule has 0 bridgehead atoms. The van der Waals surface area contributed by atoms with Crippen LogP contribution in [0.5, 0.6) is 0 Å². The zero-order valence-corrected chi connectivity index (χ0v) is 14.3. The van der Waals surface area contributed by atoms with Crippen LogP contribution in [0.4, 0.5) is 0 Å². The summed E-state index contributed by atoms with van der Waals surface area (Å²) in [5.41, 5.74) is 1.38. The summed E-state index contributed by atoms with van der Waals surface area (Å²) in [6.45, 7) is 1.37. The summed E-state index contributed by atoms with van der Waals surface area (Å²) in [6, 6.07) is 11.6. The quantitative estimate of drug-likeness (QED) is 0.870. The van der Waals surface area contributed by atoms with Crippen LogP contribution in [0.2, 0.25) is 0 Å². The summed E-state index contributed by atoms with van der Waals surface area (Å²) < 4.78 is 26.4. The van der Waals surface area contributed by atoms with E-state index < -0.39 is 10.0 Å². The van der Waals surface area contributed by atoms with Gasteiger partial charge in [0.15, 0.2) is 0 Å². The molecule has 2 saturated carbocycles. The number of nitrogens with one attached hydrogen (secondary N) is 1. The fourth-order valence-electron chi connectivity index (χ4n) is 3.70. The number of sulfonamides is 1. The average molecular weight is 334 g/mol. The van der Waals surface area contributed by atoms with E-state index in [4.69, 9.17) is 0 Å². The number of hydrogen-bond acceptors (Lipinski definition) is 3. The van der Waals surface area contributed by atoms with Gasteiger partial charge in [0.25, 0.3) is 0 Å².